The molecule has 1 aliphatic heterocycles. The second-order valence-corrected chi connectivity index (χ2v) is 10.7. The van der Waals surface area contributed by atoms with Gasteiger partial charge < -0.3 is 9.80 Å². The van der Waals surface area contributed by atoms with Crippen molar-refractivity contribution in [3.63, 3.8) is 0 Å². The van der Waals surface area contributed by atoms with Crippen LogP contribution in [-0.4, -0.2) is 57.2 Å². The predicted molar refractivity (Wildman–Crippen MR) is 159 cm³/mol. The SMILES string of the molecule is CN1CCN(c2ccc(-n3c(=O)n(C)c4cnc5ccc(-c6cnc7ccccc7c6)cc5c43)cc2Cl)CC1. The number of benzene rings is 3. The van der Waals surface area contributed by atoms with Gasteiger partial charge in [-0.2, -0.15) is 0 Å². The van der Waals surface area contributed by atoms with Gasteiger partial charge in [-0.05, 0) is 55.1 Å². The molecule has 3 aromatic heterocycles. The Bertz CT molecular complexity index is 1950. The highest BCUT2D eigenvalue weighted by atomic mass is 35.5. The molecule has 1 fully saturated rings. The molecule has 0 spiro atoms. The molecule has 0 bridgehead atoms. The van der Waals surface area contributed by atoms with E-state index in [1.165, 1.54) is 0 Å². The monoisotopic (exact) mass is 534 g/mol. The lowest BCUT2D eigenvalue weighted by molar-refractivity contribution is 0.313. The van der Waals surface area contributed by atoms with Gasteiger partial charge >= 0.3 is 5.69 Å². The topological polar surface area (TPSA) is 59.2 Å². The van der Waals surface area contributed by atoms with Gasteiger partial charge in [-0.3, -0.25) is 19.1 Å². The lowest BCUT2D eigenvalue weighted by atomic mass is 10.0. The van der Waals surface area contributed by atoms with Gasteiger partial charge in [0.25, 0.3) is 0 Å². The molecule has 1 saturated heterocycles. The van der Waals surface area contributed by atoms with E-state index < -0.39 is 0 Å². The Morgan fingerprint density at radius 3 is 2.41 bits per heavy atom. The van der Waals surface area contributed by atoms with E-state index >= 15 is 0 Å². The quantitative estimate of drug-likeness (QED) is 0.300. The van der Waals surface area contributed by atoms with Crippen molar-refractivity contribution in [2.45, 2.75) is 0 Å². The molecule has 0 aliphatic carbocycles. The molecule has 0 radical (unpaired) electrons. The zero-order valence-corrected chi connectivity index (χ0v) is 22.6. The number of piperazine rings is 1. The van der Waals surface area contributed by atoms with Crippen LogP contribution in [0.15, 0.2) is 83.9 Å². The molecule has 6 aromatic rings. The predicted octanol–water partition coefficient (Wildman–Crippen LogP) is 5.50. The number of halogens is 1. The Morgan fingerprint density at radius 2 is 1.59 bits per heavy atom. The summed E-state index contributed by atoms with van der Waals surface area (Å²) in [4.78, 5) is 27.5. The first-order valence-electron chi connectivity index (χ1n) is 13.1. The zero-order chi connectivity index (χ0) is 26.7. The lowest BCUT2D eigenvalue weighted by Gasteiger charge is -2.34. The van der Waals surface area contributed by atoms with E-state index in [1.807, 2.05) is 48.7 Å². The lowest BCUT2D eigenvalue weighted by Crippen LogP contribution is -2.44. The number of imidazole rings is 1. The average molecular weight is 535 g/mol. The third kappa shape index (κ3) is 3.97. The van der Waals surface area contributed by atoms with Crippen molar-refractivity contribution in [2.24, 2.45) is 7.05 Å². The maximum absolute atomic E-state index is 13.6. The van der Waals surface area contributed by atoms with Crippen LogP contribution in [0, 0.1) is 0 Å². The van der Waals surface area contributed by atoms with Gasteiger partial charge in [0.15, 0.2) is 0 Å². The molecule has 7 rings (SSSR count). The largest absolute Gasteiger partial charge is 0.368 e. The third-order valence-corrected chi connectivity index (χ3v) is 8.14. The maximum Gasteiger partial charge on any atom is 0.333 e. The van der Waals surface area contributed by atoms with Crippen LogP contribution in [-0.2, 0) is 7.05 Å². The highest BCUT2D eigenvalue weighted by Gasteiger charge is 2.20. The number of pyridine rings is 2. The summed E-state index contributed by atoms with van der Waals surface area (Å²) in [5.41, 5.74) is 6.98. The van der Waals surface area contributed by atoms with Gasteiger partial charge in [0, 0.05) is 55.8 Å². The molecule has 3 aromatic carbocycles. The molecule has 39 heavy (non-hydrogen) atoms. The molecular formula is C31H27ClN6O. The normalized spacial score (nSPS) is 14.6. The highest BCUT2D eigenvalue weighted by molar-refractivity contribution is 6.33. The van der Waals surface area contributed by atoms with E-state index in [2.05, 4.69) is 51.1 Å². The molecule has 4 heterocycles. The molecule has 8 heteroatoms. The first-order valence-corrected chi connectivity index (χ1v) is 13.4. The second-order valence-electron chi connectivity index (χ2n) is 10.2. The van der Waals surface area contributed by atoms with Crippen molar-refractivity contribution in [1.29, 1.82) is 0 Å². The first kappa shape index (κ1) is 23.9. The van der Waals surface area contributed by atoms with Gasteiger partial charge in [0.2, 0.25) is 0 Å². The second kappa shape index (κ2) is 9.22. The van der Waals surface area contributed by atoms with E-state index in [4.69, 9.17) is 11.6 Å². The van der Waals surface area contributed by atoms with Gasteiger partial charge in [0.1, 0.15) is 0 Å². The van der Waals surface area contributed by atoms with Crippen molar-refractivity contribution in [3.05, 3.63) is 94.6 Å². The number of para-hydroxylation sites is 1. The Morgan fingerprint density at radius 1 is 0.795 bits per heavy atom. The summed E-state index contributed by atoms with van der Waals surface area (Å²) < 4.78 is 3.40. The standard InChI is InChI=1S/C31H27ClN6O/c1-35-11-13-37(14-12-35)28-10-8-23(17-25(28)32)38-30-24-16-20(22-15-21-5-3-4-6-26(21)33-18-22)7-9-27(24)34-19-29(30)36(2)31(38)39/h3-10,15-19H,11-14H2,1-2H3. The molecule has 7 nitrogen and oxygen atoms in total. The minimum Gasteiger partial charge on any atom is -0.368 e. The minimum atomic E-state index is -0.138. The van der Waals surface area contributed by atoms with Gasteiger partial charge in [-0.15, -0.1) is 0 Å². The summed E-state index contributed by atoms with van der Waals surface area (Å²) >= 11 is 6.83. The van der Waals surface area contributed by atoms with E-state index in [-0.39, 0.29) is 5.69 Å². The van der Waals surface area contributed by atoms with Crippen LogP contribution in [0.3, 0.4) is 0 Å². The number of aryl methyl sites for hydroxylation is 1. The summed E-state index contributed by atoms with van der Waals surface area (Å²) in [5.74, 6) is 0. The first-order chi connectivity index (χ1) is 19.0. The van der Waals surface area contributed by atoms with Crippen LogP contribution < -0.4 is 10.6 Å². The Kier molecular flexibility index (Phi) is 5.65. The molecule has 0 atom stereocenters. The molecule has 0 amide bonds. The van der Waals surface area contributed by atoms with Gasteiger partial charge in [-0.25, -0.2) is 4.79 Å². The molecule has 194 valence electrons. The molecule has 0 unspecified atom stereocenters. The molecule has 0 N–H and O–H groups in total. The van der Waals surface area contributed by atoms with Gasteiger partial charge in [0.05, 0.1) is 44.7 Å². The molecule has 1 aliphatic rings. The van der Waals surface area contributed by atoms with Crippen LogP contribution in [0.25, 0.3) is 49.7 Å². The summed E-state index contributed by atoms with van der Waals surface area (Å²) in [7, 11) is 3.92. The van der Waals surface area contributed by atoms with Gasteiger partial charge in [-0.1, -0.05) is 35.9 Å². The average Bonchev–Trinajstić information content (AvgIpc) is 3.23. The van der Waals surface area contributed by atoms with Crippen LogP contribution in [0.2, 0.25) is 5.02 Å². The minimum absolute atomic E-state index is 0.138. The van der Waals surface area contributed by atoms with E-state index in [0.29, 0.717) is 5.02 Å². The van der Waals surface area contributed by atoms with Crippen molar-refractivity contribution < 1.29 is 0 Å². The van der Waals surface area contributed by atoms with Crippen LogP contribution in [0.4, 0.5) is 5.69 Å². The van der Waals surface area contributed by atoms with E-state index in [9.17, 15) is 4.79 Å². The Hall–Kier alpha value is -4.20. The van der Waals surface area contributed by atoms with Crippen molar-refractivity contribution in [3.8, 4) is 16.8 Å². The summed E-state index contributed by atoms with van der Waals surface area (Å²) in [6.07, 6.45) is 3.67. The van der Waals surface area contributed by atoms with Crippen LogP contribution >= 0.6 is 11.6 Å². The van der Waals surface area contributed by atoms with Crippen molar-refractivity contribution in [2.75, 3.05) is 38.1 Å². The highest BCUT2D eigenvalue weighted by Crippen LogP contribution is 2.33. The van der Waals surface area contributed by atoms with E-state index in [1.54, 1.807) is 22.4 Å². The fourth-order valence-electron chi connectivity index (χ4n) is 5.58. The number of fused-ring (bicyclic) bond motifs is 4. The molecule has 0 saturated carbocycles. The van der Waals surface area contributed by atoms with Crippen LogP contribution in [0.5, 0.6) is 0 Å². The molecular weight excluding hydrogens is 508 g/mol. The Labute approximate surface area is 230 Å². The summed E-state index contributed by atoms with van der Waals surface area (Å²) in [6, 6.07) is 22.3. The van der Waals surface area contributed by atoms with E-state index in [0.717, 1.165) is 81.5 Å². The third-order valence-electron chi connectivity index (χ3n) is 7.84. The number of likely N-dealkylation sites (N-methyl/N-ethyl adjacent to an activating group) is 1. The zero-order valence-electron chi connectivity index (χ0n) is 21.8. The van der Waals surface area contributed by atoms with Crippen molar-refractivity contribution >= 4 is 50.1 Å². The smallest absolute Gasteiger partial charge is 0.333 e. The maximum atomic E-state index is 13.6. The fraction of sp³-hybridized carbons (Fsp3) is 0.194. The summed E-state index contributed by atoms with van der Waals surface area (Å²) in [6.45, 7) is 3.84. The number of rotatable bonds is 3. The fourth-order valence-corrected chi connectivity index (χ4v) is 5.88. The number of hydrogen-bond acceptors (Lipinski definition) is 5. The number of hydrogen-bond donors (Lipinski definition) is 0. The van der Waals surface area contributed by atoms with Crippen molar-refractivity contribution in [1.82, 2.24) is 24.0 Å². The Balaban J connectivity index is 1.40. The number of aromatic nitrogens is 4. The number of anilines is 1. The summed E-state index contributed by atoms with van der Waals surface area (Å²) in [5, 5.41) is 2.62. The van der Waals surface area contributed by atoms with Crippen LogP contribution in [0.1, 0.15) is 0 Å². The number of nitrogens with zero attached hydrogens (tertiary/aromatic N) is 6.